The van der Waals surface area contributed by atoms with Crippen LogP contribution >= 0.6 is 0 Å². The van der Waals surface area contributed by atoms with Gasteiger partial charge in [0.1, 0.15) is 11.5 Å². The summed E-state index contributed by atoms with van der Waals surface area (Å²) in [5.74, 6) is 11.4. The van der Waals surface area contributed by atoms with Crippen molar-refractivity contribution >= 4 is 11.9 Å². The summed E-state index contributed by atoms with van der Waals surface area (Å²) in [5.41, 5.74) is -0.595. The van der Waals surface area contributed by atoms with Crippen molar-refractivity contribution in [3.63, 3.8) is 0 Å². The van der Waals surface area contributed by atoms with Gasteiger partial charge in [-0.05, 0) is 187 Å². The van der Waals surface area contributed by atoms with Gasteiger partial charge in [0.2, 0.25) is 0 Å². The Kier molecular flexibility index (Phi) is 17.3. The van der Waals surface area contributed by atoms with Crippen LogP contribution in [-0.2, 0) is 9.47 Å². The number of terminal acetylenes is 2. The Balaban J connectivity index is 0.812. The SMILES string of the molecule is C#CC1(OC(=O)c2ccc(OCCCCCCOc3ccc(C(=O)OC4(C#C)CCC(C5CCC(CCC)CC5)CC4)cc3)cc2)CCC(C2CCC(CCC)CC2)CC1. The van der Waals surface area contributed by atoms with Crippen molar-refractivity contribution in [2.75, 3.05) is 13.2 Å². The fourth-order valence-electron chi connectivity index (χ4n) is 11.2. The van der Waals surface area contributed by atoms with Crippen LogP contribution < -0.4 is 9.47 Å². The van der Waals surface area contributed by atoms with E-state index in [0.29, 0.717) is 36.2 Å². The van der Waals surface area contributed by atoms with E-state index in [1.54, 1.807) is 24.3 Å². The zero-order valence-electron chi connectivity index (χ0n) is 37.1. The molecule has 0 aliphatic heterocycles. The predicted octanol–water partition coefficient (Wildman–Crippen LogP) is 13.4. The molecule has 6 nitrogen and oxygen atoms in total. The first-order valence-electron chi connectivity index (χ1n) is 24.1. The minimum Gasteiger partial charge on any atom is -0.494 e. The largest absolute Gasteiger partial charge is 0.494 e. The summed E-state index contributed by atoms with van der Waals surface area (Å²) in [7, 11) is 0. The molecule has 0 aromatic heterocycles. The molecule has 2 aromatic carbocycles. The first-order chi connectivity index (χ1) is 29.3. The second kappa shape index (κ2) is 22.8. The van der Waals surface area contributed by atoms with E-state index in [2.05, 4.69) is 25.7 Å². The Hall–Kier alpha value is -3.90. The van der Waals surface area contributed by atoms with Crippen LogP contribution in [0, 0.1) is 60.2 Å². The van der Waals surface area contributed by atoms with E-state index in [4.69, 9.17) is 31.8 Å². The van der Waals surface area contributed by atoms with Crippen LogP contribution in [-0.4, -0.2) is 36.4 Å². The summed E-state index contributed by atoms with van der Waals surface area (Å²) in [5, 5.41) is 0. The smallest absolute Gasteiger partial charge is 0.339 e. The van der Waals surface area contributed by atoms with Gasteiger partial charge in [-0.2, -0.15) is 0 Å². The van der Waals surface area contributed by atoms with Gasteiger partial charge in [0, 0.05) is 0 Å². The summed E-state index contributed by atoms with van der Waals surface area (Å²) in [4.78, 5) is 26.3. The van der Waals surface area contributed by atoms with Gasteiger partial charge in [-0.1, -0.05) is 77.1 Å². The maximum Gasteiger partial charge on any atom is 0.339 e. The van der Waals surface area contributed by atoms with Crippen LogP contribution in [0.4, 0.5) is 0 Å². The molecule has 4 saturated carbocycles. The normalized spacial score (nSPS) is 29.3. The number of hydrogen-bond acceptors (Lipinski definition) is 6. The third-order valence-electron chi connectivity index (χ3n) is 15.0. The molecule has 4 fully saturated rings. The zero-order chi connectivity index (χ0) is 42.2. The fraction of sp³-hybridized carbons (Fsp3) is 0.667. The van der Waals surface area contributed by atoms with E-state index in [0.717, 1.165) is 112 Å². The average Bonchev–Trinajstić information content (AvgIpc) is 3.29. The second-order valence-electron chi connectivity index (χ2n) is 19.0. The molecule has 0 bridgehead atoms. The Morgan fingerprint density at radius 3 is 1.17 bits per heavy atom. The minimum atomic E-state index is -0.800. The van der Waals surface area contributed by atoms with Gasteiger partial charge in [-0.25, -0.2) is 9.59 Å². The maximum absolute atomic E-state index is 13.1. The van der Waals surface area contributed by atoms with Crippen LogP contribution in [0.1, 0.15) is 189 Å². The molecule has 326 valence electrons. The van der Waals surface area contributed by atoms with E-state index >= 15 is 0 Å². The Morgan fingerprint density at radius 1 is 0.517 bits per heavy atom. The molecule has 4 aliphatic rings. The molecule has 4 aliphatic carbocycles. The number of esters is 2. The molecule has 0 spiro atoms. The zero-order valence-corrected chi connectivity index (χ0v) is 37.1. The highest BCUT2D eigenvalue weighted by Crippen LogP contribution is 2.46. The van der Waals surface area contributed by atoms with Crippen molar-refractivity contribution in [2.45, 2.75) is 179 Å². The monoisotopic (exact) mass is 819 g/mol. The lowest BCUT2D eigenvalue weighted by Gasteiger charge is -2.41. The van der Waals surface area contributed by atoms with E-state index in [-0.39, 0.29) is 11.9 Å². The molecule has 0 saturated heterocycles. The molecule has 6 heteroatoms. The van der Waals surface area contributed by atoms with Crippen molar-refractivity contribution in [3.8, 4) is 36.2 Å². The van der Waals surface area contributed by atoms with Crippen LogP contribution in [0.25, 0.3) is 0 Å². The highest BCUT2D eigenvalue weighted by Gasteiger charge is 2.42. The molecule has 2 aromatic rings. The summed E-state index contributed by atoms with van der Waals surface area (Å²) in [6, 6.07) is 14.4. The Labute approximate surface area is 363 Å². The van der Waals surface area contributed by atoms with Crippen molar-refractivity contribution in [1.82, 2.24) is 0 Å². The first kappa shape index (κ1) is 45.6. The second-order valence-corrected chi connectivity index (χ2v) is 19.0. The number of carbonyl (C=O) groups is 2. The molecule has 0 amide bonds. The number of unbranched alkanes of at least 4 members (excludes halogenated alkanes) is 3. The van der Waals surface area contributed by atoms with Crippen LogP contribution in [0.2, 0.25) is 0 Å². The van der Waals surface area contributed by atoms with Crippen LogP contribution in [0.15, 0.2) is 48.5 Å². The molecule has 60 heavy (non-hydrogen) atoms. The van der Waals surface area contributed by atoms with E-state index in [9.17, 15) is 9.59 Å². The van der Waals surface area contributed by atoms with Crippen LogP contribution in [0.5, 0.6) is 11.5 Å². The minimum absolute atomic E-state index is 0.353. The molecule has 0 radical (unpaired) electrons. The van der Waals surface area contributed by atoms with E-state index in [1.807, 2.05) is 24.3 Å². The Morgan fingerprint density at radius 2 is 0.850 bits per heavy atom. The highest BCUT2D eigenvalue weighted by atomic mass is 16.6. The topological polar surface area (TPSA) is 71.1 Å². The molecule has 0 unspecified atom stereocenters. The van der Waals surface area contributed by atoms with Crippen molar-refractivity contribution in [3.05, 3.63) is 59.7 Å². The van der Waals surface area contributed by atoms with Crippen molar-refractivity contribution in [2.24, 2.45) is 35.5 Å². The van der Waals surface area contributed by atoms with Gasteiger partial charge in [0.25, 0.3) is 0 Å². The number of ether oxygens (including phenoxy) is 4. The third-order valence-corrected chi connectivity index (χ3v) is 15.0. The number of carbonyl (C=O) groups excluding carboxylic acids is 2. The molecular weight excluding hydrogens is 745 g/mol. The summed E-state index contributed by atoms with van der Waals surface area (Å²) in [6.07, 6.45) is 39.2. The Bertz CT molecular complexity index is 1550. The summed E-state index contributed by atoms with van der Waals surface area (Å²) in [6.45, 7) is 5.79. The van der Waals surface area contributed by atoms with Crippen molar-refractivity contribution < 1.29 is 28.5 Å². The van der Waals surface area contributed by atoms with Gasteiger partial charge < -0.3 is 18.9 Å². The quantitative estimate of drug-likeness (QED) is 0.0799. The van der Waals surface area contributed by atoms with E-state index < -0.39 is 11.2 Å². The third kappa shape index (κ3) is 12.8. The number of hydrogen-bond donors (Lipinski definition) is 0. The fourth-order valence-corrected chi connectivity index (χ4v) is 11.2. The lowest BCUT2D eigenvalue weighted by molar-refractivity contribution is -0.0203. The highest BCUT2D eigenvalue weighted by molar-refractivity contribution is 5.90. The van der Waals surface area contributed by atoms with Crippen molar-refractivity contribution in [1.29, 1.82) is 0 Å². The predicted molar refractivity (Wildman–Crippen MR) is 241 cm³/mol. The van der Waals surface area contributed by atoms with E-state index in [1.165, 1.54) is 77.0 Å². The van der Waals surface area contributed by atoms with Gasteiger partial charge >= 0.3 is 11.9 Å². The maximum atomic E-state index is 13.1. The summed E-state index contributed by atoms with van der Waals surface area (Å²) < 4.78 is 24.0. The van der Waals surface area contributed by atoms with Gasteiger partial charge in [-0.15, -0.1) is 12.8 Å². The lowest BCUT2D eigenvalue weighted by atomic mass is 9.68. The molecular formula is C54H74O6. The molecule has 0 heterocycles. The molecule has 6 rings (SSSR count). The first-order valence-corrected chi connectivity index (χ1v) is 24.1. The van der Waals surface area contributed by atoms with Crippen LogP contribution in [0.3, 0.4) is 0 Å². The van der Waals surface area contributed by atoms with Gasteiger partial charge in [0.15, 0.2) is 11.2 Å². The standard InChI is InChI=1S/C54H74O6/c1-5-13-41-15-19-43(20-16-41)45-31-35-53(7-3,36-32-45)59-51(55)47-23-27-49(28-24-47)57-39-11-9-10-12-40-58-50-29-25-48(26-30-50)52(56)60-54(8-4)37-33-46(34-38-54)44-21-17-42(14-6-2)18-22-44/h3-4,23-30,41-46H,5-6,9-22,31-40H2,1-2H3. The average molecular weight is 819 g/mol. The number of rotatable bonds is 19. The van der Waals surface area contributed by atoms with Gasteiger partial charge in [-0.3, -0.25) is 0 Å². The summed E-state index contributed by atoms with van der Waals surface area (Å²) >= 11 is 0. The molecule has 0 N–H and O–H groups in total. The molecule has 0 atom stereocenters. The lowest BCUT2D eigenvalue weighted by Crippen LogP contribution is -2.39. The van der Waals surface area contributed by atoms with Gasteiger partial charge in [0.05, 0.1) is 24.3 Å². The number of benzene rings is 2.